The standard InChI is InChI=1S/C73H85N11O21S2/c1-41-46(44-17-19-53(79-58(44)65(94)95)82-26-23-43-11-10-12-45(47(43)31-82)63(92)80-68-77-48-13-7-8-14-52(48)106-68)30-75-84(41)40-72-35-70(2)34-71(3,36-72)38-73(37-70,39-72)103-28-27-81(4)64(93)50(33-107(99,100)101)78-69(98)102-32-42-16-18-51(104-67-61(91)59(89)60(90)62(105-67)66(96)97)49(29-42)76-55(86)22-24-74-54(85)15-6-5-9-25-83-56(87)20-21-57(83)88/h7-8,10-14,16-21,29-30,50,59-62,67,89-91H,5-6,9,15,22-28,31-40H2,1-4H3,(H,74,85)(H,76,86)(H,78,98)(H,94,95)(H,96,97)(H,77,80,92)(H,99,100,101)/t50-,59-,60-,61+,62-,67+,70?,71?,72?,73?/m0/s1. The Labute approximate surface area is 618 Å². The third-order valence-electron chi connectivity index (χ3n) is 20.8. The monoisotopic (exact) mass is 1520 g/mol. The molecule has 570 valence electrons. The molecule has 7 amide bonds. The topological polar surface area (TPSA) is 448 Å². The number of likely N-dealkylation sites (N-methyl/N-ethyl adjacent to an activating group) is 1. The number of unbranched alkanes of at least 4 members (excludes halogenated alkanes) is 2. The molecule has 107 heavy (non-hydrogen) atoms. The number of aliphatic hydroxyl groups excluding tert-OH is 3. The Kier molecular flexibility index (Phi) is 22.4. The molecule has 7 aliphatic rings. The molecule has 32 nitrogen and oxygen atoms in total. The fourth-order valence-electron chi connectivity index (χ4n) is 17.1. The van der Waals surface area contributed by atoms with E-state index in [2.05, 4.69) is 40.1 Å². The lowest BCUT2D eigenvalue weighted by atomic mass is 9.39. The molecule has 8 atom stereocenters. The number of aromatic nitrogens is 4. The Morgan fingerprint density at radius 3 is 2.29 bits per heavy atom. The number of hydrogen-bond donors (Lipinski definition) is 10. The van der Waals surface area contributed by atoms with Gasteiger partial charge in [0.1, 0.15) is 48.3 Å². The highest BCUT2D eigenvalue weighted by atomic mass is 32.2. The minimum Gasteiger partial charge on any atom is -0.479 e. The number of fused-ring (bicyclic) bond motifs is 2. The summed E-state index contributed by atoms with van der Waals surface area (Å²) in [6.45, 7) is 7.14. The molecule has 4 saturated carbocycles. The molecule has 4 aliphatic carbocycles. The number of thiazole rings is 1. The molecule has 2 unspecified atom stereocenters. The highest BCUT2D eigenvalue weighted by molar-refractivity contribution is 7.85. The van der Waals surface area contributed by atoms with E-state index in [4.69, 9.17) is 29.0 Å². The second kappa shape index (κ2) is 31.2. The van der Waals surface area contributed by atoms with Gasteiger partial charge in [0, 0.05) is 93.7 Å². The van der Waals surface area contributed by atoms with Crippen LogP contribution in [0.2, 0.25) is 0 Å². The number of aromatic carboxylic acids is 1. The quantitative estimate of drug-likeness (QED) is 0.0154. The summed E-state index contributed by atoms with van der Waals surface area (Å²) < 4.78 is 61.1. The molecule has 4 bridgehead atoms. The number of ether oxygens (including phenoxy) is 4. The van der Waals surface area contributed by atoms with E-state index in [9.17, 15) is 81.7 Å². The Morgan fingerprint density at radius 2 is 1.57 bits per heavy atom. The van der Waals surface area contributed by atoms with E-state index in [-0.39, 0.29) is 83.9 Å². The molecule has 10 N–H and O–H groups in total. The van der Waals surface area contributed by atoms with E-state index in [0.717, 1.165) is 64.0 Å². The van der Waals surface area contributed by atoms with E-state index in [0.29, 0.717) is 79.4 Å². The Bertz CT molecular complexity index is 4570. The smallest absolute Gasteiger partial charge is 0.408 e. The number of amides is 7. The molecule has 34 heteroatoms. The number of anilines is 3. The van der Waals surface area contributed by atoms with Crippen LogP contribution in [-0.4, -0.2) is 209 Å². The summed E-state index contributed by atoms with van der Waals surface area (Å²) in [6, 6.07) is 18.7. The first-order chi connectivity index (χ1) is 50.8. The van der Waals surface area contributed by atoms with Gasteiger partial charge < -0.3 is 70.2 Å². The van der Waals surface area contributed by atoms with Crippen molar-refractivity contribution in [2.45, 2.75) is 160 Å². The van der Waals surface area contributed by atoms with Crippen LogP contribution >= 0.6 is 11.3 Å². The molecule has 1 saturated heterocycles. The molecule has 3 aromatic carbocycles. The van der Waals surface area contributed by atoms with Gasteiger partial charge in [0.25, 0.3) is 27.8 Å². The highest BCUT2D eigenvalue weighted by Gasteiger charge is 2.66. The molecule has 13 rings (SSSR count). The number of carbonyl (C=O) groups excluding carboxylic acids is 7. The van der Waals surface area contributed by atoms with Gasteiger partial charge in [-0.05, 0) is 140 Å². The molecule has 6 heterocycles. The zero-order valence-corrected chi connectivity index (χ0v) is 60.9. The van der Waals surface area contributed by atoms with Crippen LogP contribution in [0.1, 0.15) is 128 Å². The second-order valence-corrected chi connectivity index (χ2v) is 32.1. The van der Waals surface area contributed by atoms with Crippen molar-refractivity contribution in [2.75, 3.05) is 61.1 Å². The first kappa shape index (κ1) is 76.8. The van der Waals surface area contributed by atoms with Gasteiger partial charge in [0.15, 0.2) is 16.9 Å². The van der Waals surface area contributed by atoms with Crippen molar-refractivity contribution in [1.82, 2.24) is 40.2 Å². The number of carboxylic acid groups (broad SMARTS) is 2. The van der Waals surface area contributed by atoms with E-state index in [1.165, 1.54) is 53.6 Å². The van der Waals surface area contributed by atoms with Crippen LogP contribution < -0.4 is 30.9 Å². The predicted molar refractivity (Wildman–Crippen MR) is 384 cm³/mol. The van der Waals surface area contributed by atoms with Crippen molar-refractivity contribution < 1.29 is 101 Å². The average Bonchev–Trinajstić information content (AvgIpc) is 1.04. The third kappa shape index (κ3) is 17.6. The number of para-hydroxylation sites is 1. The van der Waals surface area contributed by atoms with Crippen LogP contribution in [0.3, 0.4) is 0 Å². The molecular weight excluding hydrogens is 1430 g/mol. The zero-order chi connectivity index (χ0) is 76.5. The summed E-state index contributed by atoms with van der Waals surface area (Å²) in [6.07, 6.45) is -0.836. The van der Waals surface area contributed by atoms with Gasteiger partial charge in [0.05, 0.1) is 34.3 Å². The van der Waals surface area contributed by atoms with Gasteiger partial charge in [-0.15, -0.1) is 0 Å². The summed E-state index contributed by atoms with van der Waals surface area (Å²) in [5, 5.41) is 67.6. The Balaban J connectivity index is 0.664. The molecule has 5 fully saturated rings. The van der Waals surface area contributed by atoms with Gasteiger partial charge >= 0.3 is 18.0 Å². The number of carbonyl (C=O) groups is 9. The number of rotatable bonds is 30. The zero-order valence-electron chi connectivity index (χ0n) is 59.2. The molecule has 3 aliphatic heterocycles. The SMILES string of the molecule is Cc1c(-c2ccc(N3CCc4cccc(C(=O)Nc5nc6ccccc6s5)c4C3)nc2C(=O)O)cnn1CC12CC3(C)CC(C)(C1)CC(OCCN(C)C(=O)[C@H](CS(=O)(=O)O)NC(=O)OCc1ccc(O[C@@H]4O[C@H](C(=O)O)[C@@H](O)[C@H](O)[C@H]4O)c(NC(=O)CCNC(=O)CCCCCN4C(=O)C=CC4=O)c1)(C3)C2. The molecule has 3 aromatic heterocycles. The number of hydrogen-bond acceptors (Lipinski definition) is 23. The summed E-state index contributed by atoms with van der Waals surface area (Å²) in [4.78, 5) is 130. The van der Waals surface area contributed by atoms with Crippen LogP contribution in [0.25, 0.3) is 21.3 Å². The van der Waals surface area contributed by atoms with Crippen molar-refractivity contribution in [3.8, 4) is 16.9 Å². The van der Waals surface area contributed by atoms with Crippen LogP contribution in [0.15, 0.2) is 91.1 Å². The van der Waals surface area contributed by atoms with Crippen LogP contribution in [0.4, 0.5) is 21.4 Å². The minimum atomic E-state index is -4.93. The summed E-state index contributed by atoms with van der Waals surface area (Å²) in [5.74, 6) is -7.13. The lowest BCUT2D eigenvalue weighted by molar-refractivity contribution is -0.271. The van der Waals surface area contributed by atoms with E-state index in [1.807, 2.05) is 52.9 Å². The first-order valence-corrected chi connectivity index (χ1v) is 37.6. The fourth-order valence-corrected chi connectivity index (χ4v) is 18.6. The lowest BCUT2D eigenvalue weighted by Crippen LogP contribution is -2.64. The maximum absolute atomic E-state index is 14.1. The Morgan fingerprint density at radius 1 is 0.822 bits per heavy atom. The largest absolute Gasteiger partial charge is 0.479 e. The third-order valence-corrected chi connectivity index (χ3v) is 22.5. The van der Waals surface area contributed by atoms with Crippen LogP contribution in [0, 0.1) is 23.2 Å². The van der Waals surface area contributed by atoms with Crippen molar-refractivity contribution >= 4 is 102 Å². The Hall–Kier alpha value is -9.81. The number of imide groups is 1. The van der Waals surface area contributed by atoms with E-state index < -0.39 is 112 Å². The number of aliphatic hydroxyl groups is 3. The highest BCUT2D eigenvalue weighted by Crippen LogP contribution is 2.72. The maximum atomic E-state index is 14.1. The fraction of sp³-hybridized carbons (Fsp3) is 0.479. The first-order valence-electron chi connectivity index (χ1n) is 35.2. The second-order valence-electron chi connectivity index (χ2n) is 29.5. The summed E-state index contributed by atoms with van der Waals surface area (Å²) >= 11 is 1.39. The normalized spacial score (nSPS) is 24.6. The predicted octanol–water partition coefficient (Wildman–Crippen LogP) is 5.35. The van der Waals surface area contributed by atoms with Gasteiger partial charge in [-0.2, -0.15) is 13.5 Å². The van der Waals surface area contributed by atoms with Crippen molar-refractivity contribution in [2.24, 2.45) is 16.2 Å². The van der Waals surface area contributed by atoms with Crippen LogP contribution in [0.5, 0.6) is 5.75 Å². The minimum absolute atomic E-state index is 0.00131. The van der Waals surface area contributed by atoms with Gasteiger partial charge in [-0.25, -0.2) is 24.4 Å². The molecule has 0 spiro atoms. The summed E-state index contributed by atoms with van der Waals surface area (Å²) in [7, 11) is -3.54. The van der Waals surface area contributed by atoms with Gasteiger partial charge in [0.2, 0.25) is 24.0 Å². The van der Waals surface area contributed by atoms with Gasteiger partial charge in [-0.3, -0.25) is 48.2 Å². The average molecular weight is 1520 g/mol. The van der Waals surface area contributed by atoms with Crippen molar-refractivity contribution in [3.05, 3.63) is 125 Å². The maximum Gasteiger partial charge on any atom is 0.408 e. The summed E-state index contributed by atoms with van der Waals surface area (Å²) in [5.41, 5.74) is 3.37. The number of nitrogens with zero attached hydrogens (tertiary/aromatic N) is 7. The van der Waals surface area contributed by atoms with Gasteiger partial charge in [-0.1, -0.05) is 61.9 Å². The number of benzene rings is 3. The van der Waals surface area contributed by atoms with Crippen molar-refractivity contribution in [1.29, 1.82) is 0 Å². The molecular formula is C73H85N11O21S2. The van der Waals surface area contributed by atoms with Crippen LogP contribution in [-0.2, 0) is 79.2 Å². The van der Waals surface area contributed by atoms with Crippen molar-refractivity contribution in [3.63, 3.8) is 0 Å². The number of aliphatic carboxylic acids is 1. The lowest BCUT2D eigenvalue weighted by Gasteiger charge is -2.69. The number of carboxylic acids is 2. The van der Waals surface area contributed by atoms with E-state index >= 15 is 0 Å². The molecule has 0 radical (unpaired) electrons. The van der Waals surface area contributed by atoms with E-state index in [1.54, 1.807) is 24.4 Å². The number of alkyl carbamates (subject to hydrolysis) is 1. The molecule has 6 aromatic rings. The number of pyridine rings is 1. The number of nitrogens with one attached hydrogen (secondary N) is 4.